The first-order valence-corrected chi connectivity index (χ1v) is 10.4. The van der Waals surface area contributed by atoms with E-state index in [1.165, 1.54) is 6.33 Å². The zero-order valence-corrected chi connectivity index (χ0v) is 18.3. The van der Waals surface area contributed by atoms with Crippen LogP contribution in [0.3, 0.4) is 0 Å². The number of carbonyl (C=O) groups is 1. The van der Waals surface area contributed by atoms with E-state index in [4.69, 9.17) is 9.47 Å². The Balaban J connectivity index is 1.31. The number of para-hydroxylation sites is 2. The van der Waals surface area contributed by atoms with Crippen LogP contribution in [0.25, 0.3) is 5.78 Å². The lowest BCUT2D eigenvalue weighted by molar-refractivity contribution is -0.121. The summed E-state index contributed by atoms with van der Waals surface area (Å²) in [6, 6.07) is 15.1. The van der Waals surface area contributed by atoms with Crippen molar-refractivity contribution >= 4 is 11.7 Å². The minimum atomic E-state index is -0.0168. The van der Waals surface area contributed by atoms with Crippen LogP contribution in [0, 0.1) is 13.8 Å². The number of hydrogen-bond acceptors (Lipinski definition) is 6. The van der Waals surface area contributed by atoms with E-state index in [2.05, 4.69) is 20.4 Å². The summed E-state index contributed by atoms with van der Waals surface area (Å²) < 4.78 is 12.9. The van der Waals surface area contributed by atoms with E-state index in [9.17, 15) is 4.79 Å². The molecule has 0 aliphatic heterocycles. The highest BCUT2D eigenvalue weighted by molar-refractivity contribution is 5.76. The lowest BCUT2D eigenvalue weighted by Gasteiger charge is -2.11. The fraction of sp³-hybridized carbons (Fsp3) is 0.250. The van der Waals surface area contributed by atoms with Gasteiger partial charge in [0, 0.05) is 24.4 Å². The molecule has 0 aliphatic rings. The van der Waals surface area contributed by atoms with E-state index >= 15 is 0 Å². The Morgan fingerprint density at radius 3 is 2.56 bits per heavy atom. The third kappa shape index (κ3) is 4.69. The second-order valence-corrected chi connectivity index (χ2v) is 7.41. The van der Waals surface area contributed by atoms with Gasteiger partial charge in [-0.2, -0.15) is 10.1 Å². The molecule has 0 saturated heterocycles. The number of rotatable bonds is 8. The highest BCUT2D eigenvalue weighted by Gasteiger charge is 2.12. The van der Waals surface area contributed by atoms with Crippen molar-refractivity contribution in [2.75, 3.05) is 7.11 Å². The van der Waals surface area contributed by atoms with Gasteiger partial charge in [-0.15, -0.1) is 0 Å². The second-order valence-electron chi connectivity index (χ2n) is 7.41. The first kappa shape index (κ1) is 21.3. The molecule has 0 atom stereocenters. The largest absolute Gasteiger partial charge is 0.493 e. The third-order valence-electron chi connectivity index (χ3n) is 5.30. The lowest BCUT2D eigenvalue weighted by atomic mass is 10.1. The third-order valence-corrected chi connectivity index (χ3v) is 5.30. The summed E-state index contributed by atoms with van der Waals surface area (Å²) in [4.78, 5) is 21.0. The van der Waals surface area contributed by atoms with Gasteiger partial charge in [0.1, 0.15) is 12.1 Å². The molecule has 0 radical (unpaired) electrons. The lowest BCUT2D eigenvalue weighted by Crippen LogP contribution is -2.23. The van der Waals surface area contributed by atoms with Crippen molar-refractivity contribution in [1.29, 1.82) is 0 Å². The van der Waals surface area contributed by atoms with Crippen LogP contribution in [-0.4, -0.2) is 32.6 Å². The van der Waals surface area contributed by atoms with Crippen LogP contribution in [-0.2, 0) is 17.8 Å². The van der Waals surface area contributed by atoms with Crippen molar-refractivity contribution in [3.05, 3.63) is 77.4 Å². The Bertz CT molecular complexity index is 1230. The Kier molecular flexibility index (Phi) is 6.30. The molecule has 0 bridgehead atoms. The predicted octanol–water partition coefficient (Wildman–Crippen LogP) is 3.79. The molecule has 1 amide bonds. The molecule has 0 aliphatic carbocycles. The predicted molar refractivity (Wildman–Crippen MR) is 120 cm³/mol. The monoisotopic (exact) mass is 431 g/mol. The summed E-state index contributed by atoms with van der Waals surface area (Å²) in [7, 11) is 1.61. The van der Waals surface area contributed by atoms with Gasteiger partial charge in [0.25, 0.3) is 5.78 Å². The van der Waals surface area contributed by atoms with Crippen molar-refractivity contribution in [2.24, 2.45) is 0 Å². The molecule has 164 valence electrons. The van der Waals surface area contributed by atoms with Gasteiger partial charge >= 0.3 is 0 Å². The van der Waals surface area contributed by atoms with Crippen molar-refractivity contribution < 1.29 is 14.3 Å². The molecule has 2 aromatic carbocycles. The molecule has 32 heavy (non-hydrogen) atoms. The zero-order chi connectivity index (χ0) is 22.5. The van der Waals surface area contributed by atoms with Crippen LogP contribution in [0.4, 0.5) is 0 Å². The van der Waals surface area contributed by atoms with E-state index < -0.39 is 0 Å². The van der Waals surface area contributed by atoms with E-state index in [0.717, 1.165) is 22.5 Å². The number of carbonyl (C=O) groups excluding carboxylic acids is 1. The highest BCUT2D eigenvalue weighted by atomic mass is 16.5. The van der Waals surface area contributed by atoms with Crippen molar-refractivity contribution in [2.45, 2.75) is 33.2 Å². The minimum Gasteiger partial charge on any atom is -0.493 e. The molecule has 0 unspecified atom stereocenters. The Labute approximate surface area is 186 Å². The van der Waals surface area contributed by atoms with Gasteiger partial charge in [-0.25, -0.2) is 9.50 Å². The van der Waals surface area contributed by atoms with Crippen LogP contribution < -0.4 is 14.8 Å². The normalized spacial score (nSPS) is 10.8. The average molecular weight is 431 g/mol. The Morgan fingerprint density at radius 1 is 1.06 bits per heavy atom. The molecule has 2 heterocycles. The summed E-state index contributed by atoms with van der Waals surface area (Å²) in [6.45, 7) is 4.36. The number of nitrogens with one attached hydrogen (secondary N) is 1. The fourth-order valence-corrected chi connectivity index (χ4v) is 3.55. The number of aryl methyl sites for hydroxylation is 2. The van der Waals surface area contributed by atoms with Crippen LogP contribution in [0.1, 0.15) is 28.9 Å². The number of nitrogens with zero attached hydrogens (tertiary/aromatic N) is 4. The minimum absolute atomic E-state index is 0.0168. The maximum Gasteiger partial charge on any atom is 0.252 e. The summed E-state index contributed by atoms with van der Waals surface area (Å²) in [5.74, 6) is 2.59. The van der Waals surface area contributed by atoms with Gasteiger partial charge in [-0.3, -0.25) is 4.79 Å². The Morgan fingerprint density at radius 2 is 1.81 bits per heavy atom. The molecule has 0 fully saturated rings. The molecule has 8 heteroatoms. The smallest absolute Gasteiger partial charge is 0.252 e. The number of amides is 1. The average Bonchev–Trinajstić information content (AvgIpc) is 3.27. The topological polar surface area (TPSA) is 90.6 Å². The summed E-state index contributed by atoms with van der Waals surface area (Å²) in [6.07, 6.45) is 2.45. The first-order valence-electron chi connectivity index (χ1n) is 10.4. The van der Waals surface area contributed by atoms with Crippen LogP contribution in [0.5, 0.6) is 17.2 Å². The molecule has 4 rings (SSSR count). The second kappa shape index (κ2) is 9.47. The van der Waals surface area contributed by atoms with Crippen molar-refractivity contribution in [3.63, 3.8) is 0 Å². The molecule has 4 aromatic rings. The number of aromatic nitrogens is 4. The molecule has 1 N–H and O–H groups in total. The quantitative estimate of drug-likeness (QED) is 0.456. The summed E-state index contributed by atoms with van der Waals surface area (Å²) >= 11 is 0. The van der Waals surface area contributed by atoms with E-state index in [0.29, 0.717) is 42.4 Å². The Hall–Kier alpha value is -3.94. The highest BCUT2D eigenvalue weighted by Crippen LogP contribution is 2.30. The number of ether oxygens (including phenoxy) is 2. The molecule has 0 spiro atoms. The molecular formula is C24H25N5O3. The summed E-state index contributed by atoms with van der Waals surface area (Å²) in [5.41, 5.74) is 3.85. The maximum atomic E-state index is 12.4. The van der Waals surface area contributed by atoms with Crippen LogP contribution >= 0.6 is 0 Å². The molecule has 0 saturated carbocycles. The molecule has 2 aromatic heterocycles. The van der Waals surface area contributed by atoms with Gasteiger partial charge in [0.2, 0.25) is 5.91 Å². The standard InChI is InChI=1S/C24H25N5O3/c1-16-20(17(2)29-24(28-16)26-15-27-29)12-13-23(30)25-14-18-8-10-19(11-9-18)32-22-7-5-4-6-21(22)31-3/h4-11,15H,12-14H2,1-3H3,(H,25,30). The van der Waals surface area contributed by atoms with E-state index in [-0.39, 0.29) is 5.91 Å². The van der Waals surface area contributed by atoms with Crippen molar-refractivity contribution in [1.82, 2.24) is 24.9 Å². The van der Waals surface area contributed by atoms with Gasteiger partial charge in [0.15, 0.2) is 11.5 Å². The first-order chi connectivity index (χ1) is 15.5. The zero-order valence-electron chi connectivity index (χ0n) is 18.3. The maximum absolute atomic E-state index is 12.4. The summed E-state index contributed by atoms with van der Waals surface area (Å²) in [5, 5.41) is 7.16. The van der Waals surface area contributed by atoms with Crippen molar-refractivity contribution in [3.8, 4) is 17.2 Å². The van der Waals surface area contributed by atoms with Crippen LogP contribution in [0.15, 0.2) is 54.9 Å². The van der Waals surface area contributed by atoms with Crippen LogP contribution in [0.2, 0.25) is 0 Å². The number of fused-ring (bicyclic) bond motifs is 1. The van der Waals surface area contributed by atoms with E-state index in [1.54, 1.807) is 11.6 Å². The van der Waals surface area contributed by atoms with Gasteiger partial charge in [-0.05, 0) is 55.7 Å². The molecule has 8 nitrogen and oxygen atoms in total. The van der Waals surface area contributed by atoms with Gasteiger partial charge in [-0.1, -0.05) is 24.3 Å². The molecular weight excluding hydrogens is 406 g/mol. The van der Waals surface area contributed by atoms with Gasteiger partial charge in [0.05, 0.1) is 7.11 Å². The fourth-order valence-electron chi connectivity index (χ4n) is 3.55. The van der Waals surface area contributed by atoms with E-state index in [1.807, 2.05) is 62.4 Å². The number of benzene rings is 2. The number of hydrogen-bond donors (Lipinski definition) is 1. The number of methoxy groups -OCH3 is 1. The van der Waals surface area contributed by atoms with Gasteiger partial charge < -0.3 is 14.8 Å². The SMILES string of the molecule is COc1ccccc1Oc1ccc(CNC(=O)CCc2c(C)nc3ncnn3c2C)cc1.